The number of hydroxylamine groups is 2. The van der Waals surface area contributed by atoms with Crippen molar-refractivity contribution in [1.82, 2.24) is 6.15 Å². The highest BCUT2D eigenvalue weighted by atomic mass is 16.5. The average Bonchev–Trinajstić information content (AvgIpc) is 1.64. The molecule has 4 N–H and O–H groups in total. The molecule has 0 radical (unpaired) electrons. The zero-order valence-electron chi connectivity index (χ0n) is 5.72. The second-order valence-electron chi connectivity index (χ2n) is 2.17. The van der Waals surface area contributed by atoms with E-state index in [1.807, 2.05) is 6.92 Å². The smallest absolute Gasteiger partial charge is 0.104 e. The summed E-state index contributed by atoms with van der Waals surface area (Å²) in [6, 6.07) is 0. The highest BCUT2D eigenvalue weighted by Crippen LogP contribution is 1.87. The minimum absolute atomic E-state index is 0. The van der Waals surface area contributed by atoms with Gasteiger partial charge < -0.3 is 21.2 Å². The van der Waals surface area contributed by atoms with E-state index in [0.29, 0.717) is 24.8 Å². The van der Waals surface area contributed by atoms with Gasteiger partial charge in [0, 0.05) is 0 Å². The van der Waals surface area contributed by atoms with Crippen LogP contribution in [-0.4, -0.2) is 25.8 Å². The summed E-state index contributed by atoms with van der Waals surface area (Å²) in [5, 5.41) is 10.9. The van der Waals surface area contributed by atoms with Crippen LogP contribution < -0.4 is 11.2 Å². The van der Waals surface area contributed by atoms with Crippen LogP contribution in [0.15, 0.2) is 0 Å². The van der Waals surface area contributed by atoms with Crippen molar-refractivity contribution in [2.45, 2.75) is 13.0 Å². The first-order valence-corrected chi connectivity index (χ1v) is 2.92. The SMILES string of the molecule is CC1C[NH+]([O-])CCO1.N. The van der Waals surface area contributed by atoms with Crippen LogP contribution in [0.2, 0.25) is 0 Å². The van der Waals surface area contributed by atoms with Crippen LogP contribution >= 0.6 is 0 Å². The molecule has 56 valence electrons. The van der Waals surface area contributed by atoms with Crippen molar-refractivity contribution in [2.75, 3.05) is 19.7 Å². The van der Waals surface area contributed by atoms with E-state index in [1.54, 1.807) is 0 Å². The summed E-state index contributed by atoms with van der Waals surface area (Å²) in [6.45, 7) is 3.78. The Morgan fingerprint density at radius 2 is 2.33 bits per heavy atom. The molecule has 0 aromatic carbocycles. The molecule has 4 heteroatoms. The molecular formula is C5H14N2O2. The third-order valence-electron chi connectivity index (χ3n) is 1.30. The van der Waals surface area contributed by atoms with Crippen molar-refractivity contribution in [3.63, 3.8) is 0 Å². The van der Waals surface area contributed by atoms with Crippen molar-refractivity contribution in [1.29, 1.82) is 0 Å². The minimum Gasteiger partial charge on any atom is -0.634 e. The molecule has 0 aliphatic carbocycles. The van der Waals surface area contributed by atoms with Crippen molar-refractivity contribution in [3.05, 3.63) is 5.21 Å². The van der Waals surface area contributed by atoms with Gasteiger partial charge in [0.05, 0.1) is 6.61 Å². The normalized spacial score (nSPS) is 35.3. The largest absolute Gasteiger partial charge is 0.634 e. The van der Waals surface area contributed by atoms with Gasteiger partial charge in [0.25, 0.3) is 0 Å². The van der Waals surface area contributed by atoms with E-state index in [0.717, 1.165) is 0 Å². The fraction of sp³-hybridized carbons (Fsp3) is 1.00. The van der Waals surface area contributed by atoms with Crippen LogP contribution in [0.4, 0.5) is 0 Å². The quantitative estimate of drug-likeness (QED) is 0.415. The van der Waals surface area contributed by atoms with E-state index < -0.39 is 0 Å². The molecule has 1 saturated heterocycles. The molecule has 4 nitrogen and oxygen atoms in total. The van der Waals surface area contributed by atoms with E-state index in [-0.39, 0.29) is 12.3 Å². The molecule has 0 amide bonds. The maximum Gasteiger partial charge on any atom is 0.104 e. The van der Waals surface area contributed by atoms with Gasteiger partial charge in [0.2, 0.25) is 0 Å². The van der Waals surface area contributed by atoms with Crippen molar-refractivity contribution in [3.8, 4) is 0 Å². The van der Waals surface area contributed by atoms with Crippen LogP contribution in [0.3, 0.4) is 0 Å². The molecule has 2 atom stereocenters. The standard InChI is InChI=1S/C5H11NO2.H3N/c1-5-4-6(7)2-3-8-5;/h5-6H,2-4H2,1H3;1H3. The number of morpholine rings is 1. The predicted octanol–water partition coefficient (Wildman–Crippen LogP) is -1.05. The first-order chi connectivity index (χ1) is 3.79. The van der Waals surface area contributed by atoms with Gasteiger partial charge in [-0.05, 0) is 6.92 Å². The van der Waals surface area contributed by atoms with Crippen LogP contribution in [0.25, 0.3) is 0 Å². The summed E-state index contributed by atoms with van der Waals surface area (Å²) in [4.78, 5) is 0. The summed E-state index contributed by atoms with van der Waals surface area (Å²) in [7, 11) is 0. The van der Waals surface area contributed by atoms with E-state index in [2.05, 4.69) is 0 Å². The molecule has 0 spiro atoms. The van der Waals surface area contributed by atoms with E-state index in [9.17, 15) is 5.21 Å². The molecule has 1 aliphatic heterocycles. The maximum atomic E-state index is 10.6. The lowest BCUT2D eigenvalue weighted by molar-refractivity contribution is -0.861. The molecule has 0 bridgehead atoms. The minimum atomic E-state index is 0. The summed E-state index contributed by atoms with van der Waals surface area (Å²) in [5.41, 5.74) is 0. The number of hydrogen-bond acceptors (Lipinski definition) is 3. The summed E-state index contributed by atoms with van der Waals surface area (Å²) >= 11 is 0. The highest BCUT2D eigenvalue weighted by Gasteiger charge is 2.12. The molecule has 0 aromatic heterocycles. The Balaban J connectivity index is 0.000000640. The lowest BCUT2D eigenvalue weighted by atomic mass is 10.3. The Hall–Kier alpha value is -0.160. The van der Waals surface area contributed by atoms with Crippen molar-refractivity contribution < 1.29 is 9.80 Å². The van der Waals surface area contributed by atoms with Gasteiger partial charge in [-0.2, -0.15) is 0 Å². The second-order valence-corrected chi connectivity index (χ2v) is 2.17. The number of rotatable bonds is 0. The zero-order valence-corrected chi connectivity index (χ0v) is 5.72. The van der Waals surface area contributed by atoms with Crippen LogP contribution in [0.1, 0.15) is 6.92 Å². The molecule has 9 heavy (non-hydrogen) atoms. The number of hydrogen-bond donors (Lipinski definition) is 2. The lowest BCUT2D eigenvalue weighted by Crippen LogP contribution is -3.10. The molecule has 1 fully saturated rings. The Morgan fingerprint density at radius 1 is 1.67 bits per heavy atom. The maximum absolute atomic E-state index is 10.6. The molecule has 1 heterocycles. The summed E-state index contributed by atoms with van der Waals surface area (Å²) < 4.78 is 5.13. The Kier molecular flexibility index (Phi) is 3.72. The van der Waals surface area contributed by atoms with E-state index in [4.69, 9.17) is 4.74 Å². The van der Waals surface area contributed by atoms with E-state index in [1.165, 1.54) is 0 Å². The molecule has 0 saturated carbocycles. The summed E-state index contributed by atoms with van der Waals surface area (Å²) in [6.07, 6.45) is 0.163. The first kappa shape index (κ1) is 8.84. The Labute approximate surface area is 55.0 Å². The van der Waals surface area contributed by atoms with Gasteiger partial charge in [-0.3, -0.25) is 0 Å². The van der Waals surface area contributed by atoms with Gasteiger partial charge in [-0.1, -0.05) is 0 Å². The topological polar surface area (TPSA) is 71.7 Å². The highest BCUT2D eigenvalue weighted by molar-refractivity contribution is 4.49. The molecular weight excluding hydrogens is 120 g/mol. The van der Waals surface area contributed by atoms with Gasteiger partial charge >= 0.3 is 0 Å². The number of ether oxygens (including phenoxy) is 1. The Morgan fingerprint density at radius 3 is 2.67 bits per heavy atom. The molecule has 1 rings (SSSR count). The van der Waals surface area contributed by atoms with Gasteiger partial charge in [0.15, 0.2) is 0 Å². The van der Waals surface area contributed by atoms with E-state index >= 15 is 0 Å². The second kappa shape index (κ2) is 3.79. The van der Waals surface area contributed by atoms with Gasteiger partial charge in [0.1, 0.15) is 19.2 Å². The molecule has 2 unspecified atom stereocenters. The fourth-order valence-corrected chi connectivity index (χ4v) is 0.856. The average molecular weight is 134 g/mol. The zero-order chi connectivity index (χ0) is 5.98. The fourth-order valence-electron chi connectivity index (χ4n) is 0.856. The number of nitrogens with one attached hydrogen (secondary N) is 1. The first-order valence-electron chi connectivity index (χ1n) is 2.92. The number of quaternary nitrogens is 1. The molecule has 1 aliphatic rings. The van der Waals surface area contributed by atoms with Crippen LogP contribution in [0.5, 0.6) is 0 Å². The van der Waals surface area contributed by atoms with Gasteiger partial charge in [-0.15, -0.1) is 0 Å². The molecule has 0 aromatic rings. The monoisotopic (exact) mass is 134 g/mol. The lowest BCUT2D eigenvalue weighted by Gasteiger charge is -2.30. The third kappa shape index (κ3) is 2.76. The van der Waals surface area contributed by atoms with Crippen molar-refractivity contribution in [2.24, 2.45) is 0 Å². The van der Waals surface area contributed by atoms with Crippen LogP contribution in [0, 0.1) is 5.21 Å². The Bertz CT molecular complexity index is 71.4. The van der Waals surface area contributed by atoms with Crippen molar-refractivity contribution >= 4 is 0 Å². The van der Waals surface area contributed by atoms with Crippen LogP contribution in [-0.2, 0) is 4.74 Å². The predicted molar refractivity (Wildman–Crippen MR) is 34.5 cm³/mol. The van der Waals surface area contributed by atoms with Gasteiger partial charge in [-0.25, -0.2) is 0 Å². The summed E-state index contributed by atoms with van der Waals surface area (Å²) in [5.74, 6) is 0. The third-order valence-corrected chi connectivity index (χ3v) is 1.30.